The summed E-state index contributed by atoms with van der Waals surface area (Å²) in [5.74, 6) is 0.944. The highest BCUT2D eigenvalue weighted by molar-refractivity contribution is 6.13. The van der Waals surface area contributed by atoms with Gasteiger partial charge >= 0.3 is 12.2 Å². The summed E-state index contributed by atoms with van der Waals surface area (Å²) in [4.78, 5) is 136. The van der Waals surface area contributed by atoms with E-state index in [0.29, 0.717) is 166 Å². The number of benzene rings is 4. The molecule has 0 aliphatic carbocycles. The maximum Gasteiger partial charge on any atom is 0.416 e. The highest BCUT2D eigenvalue weighted by Crippen LogP contribution is 2.44. The van der Waals surface area contributed by atoms with Crippen LogP contribution in [0.1, 0.15) is 142 Å². The van der Waals surface area contributed by atoms with Gasteiger partial charge in [-0.15, -0.1) is 0 Å². The van der Waals surface area contributed by atoms with Crippen LogP contribution < -0.4 is 38.2 Å². The quantitative estimate of drug-likeness (QED) is 0.0335. The number of aliphatic imine (C=N–C) groups is 2. The molecule has 13 rings (SSSR count). The number of carbonyl (C=O) groups is 9. The minimum atomic E-state index is -1.49. The molecule has 0 saturated carbocycles. The lowest BCUT2D eigenvalue weighted by Gasteiger charge is -2.31. The van der Waals surface area contributed by atoms with Crippen LogP contribution in [0.5, 0.6) is 34.5 Å². The molecule has 4 saturated heterocycles. The fourth-order valence-electron chi connectivity index (χ4n) is 14.9. The number of amides is 8. The number of unbranched alkanes of at least 4 members (excludes halogenated alkanes) is 6. The molecule has 0 spiro atoms. The van der Waals surface area contributed by atoms with Crippen LogP contribution in [-0.4, -0.2) is 224 Å². The predicted octanol–water partition coefficient (Wildman–Crippen LogP) is 10.0. The number of imide groups is 1. The number of anilines is 2. The molecule has 9 aliphatic heterocycles. The minimum Gasteiger partial charge on any atom is -0.493 e. The van der Waals surface area contributed by atoms with Gasteiger partial charge in [-0.3, -0.25) is 48.4 Å². The average Bonchev–Trinajstić information content (AvgIpc) is 1.60. The largest absolute Gasteiger partial charge is 0.493 e. The number of hydrogen-bond acceptors (Lipinski definition) is 21. The number of rotatable bonds is 26. The van der Waals surface area contributed by atoms with Crippen molar-refractivity contribution < 1.29 is 91.3 Å². The smallest absolute Gasteiger partial charge is 0.416 e. The Bertz CT molecular complexity index is 4410. The number of methoxy groups -OCH3 is 3. The average molecular weight is 1480 g/mol. The zero-order valence-corrected chi connectivity index (χ0v) is 61.6. The molecule has 0 aromatic heterocycles. The topological polar surface area (TPSA) is 315 Å². The van der Waals surface area contributed by atoms with Crippen LogP contribution >= 0.6 is 0 Å². The number of nitrogens with zero attached hydrogens (tertiary/aromatic N) is 9. The molecule has 6 atom stereocenters. The van der Waals surface area contributed by atoms with Crippen molar-refractivity contribution in [3.8, 4) is 34.5 Å². The van der Waals surface area contributed by atoms with Crippen molar-refractivity contribution in [3.05, 3.63) is 143 Å². The van der Waals surface area contributed by atoms with E-state index in [1.54, 1.807) is 89.7 Å². The van der Waals surface area contributed by atoms with E-state index in [9.17, 15) is 53.4 Å². The van der Waals surface area contributed by atoms with Gasteiger partial charge in [-0.05, 0) is 126 Å². The number of carbonyl (C=O) groups excluding carboxylic acids is 9. The number of ether oxygens (including phenoxy) is 8. The molecule has 4 aromatic carbocycles. The third-order valence-electron chi connectivity index (χ3n) is 20.6. The number of hydrogen-bond donors (Lipinski definition) is 2. The van der Waals surface area contributed by atoms with E-state index in [4.69, 9.17) is 37.9 Å². The number of aryl methyl sites for hydroxylation is 2. The summed E-state index contributed by atoms with van der Waals surface area (Å²) in [6, 6.07) is 11.8. The van der Waals surface area contributed by atoms with Gasteiger partial charge in [-0.2, -0.15) is 0 Å². The van der Waals surface area contributed by atoms with Gasteiger partial charge in [0.2, 0.25) is 0 Å². The van der Waals surface area contributed by atoms with Gasteiger partial charge in [0.25, 0.3) is 35.4 Å². The van der Waals surface area contributed by atoms with Gasteiger partial charge in [0, 0.05) is 88.0 Å². The van der Waals surface area contributed by atoms with Gasteiger partial charge in [-0.25, -0.2) is 19.4 Å². The first kappa shape index (κ1) is 76.5. The molecule has 9 heterocycles. The van der Waals surface area contributed by atoms with Gasteiger partial charge in [0.1, 0.15) is 11.5 Å². The lowest BCUT2D eigenvalue weighted by molar-refractivity contribution is -0.137. The highest BCUT2D eigenvalue weighted by atomic mass is 16.6. The van der Waals surface area contributed by atoms with E-state index >= 15 is 0 Å². The SMILES string of the molecule is C=C1C[C@H]2C=Nc3cc(OCCCCCOc4cc5c(cc4C)C(=O)N4CC(=C)C[C@H]4[C@H](O)N5C(=O)OC)c(OC)cc3C(=O)N2C1.C=C1C[C@H]2C=Nc3cc(OCCCCCOc4cc5c(cc4C)C(=O)N4CC(=C)C[C@H]4[C@H](O)N5C(=O)OCC(=O)CCCCCN4C(=O)C=CC4=O)c(OC)cc3C(=O)N2C1. The molecular formula is C80H91N9O19. The van der Waals surface area contributed by atoms with Crippen LogP contribution in [0.25, 0.3) is 0 Å². The summed E-state index contributed by atoms with van der Waals surface area (Å²) < 4.78 is 45.9. The lowest BCUT2D eigenvalue weighted by Crippen LogP contribution is -2.51. The molecular weight excluding hydrogens is 1390 g/mol. The van der Waals surface area contributed by atoms with E-state index in [-0.39, 0.29) is 96.2 Å². The Kier molecular flexibility index (Phi) is 23.6. The lowest BCUT2D eigenvalue weighted by atomic mass is 10.1. The highest BCUT2D eigenvalue weighted by Gasteiger charge is 2.48. The van der Waals surface area contributed by atoms with Crippen LogP contribution in [-0.2, 0) is 23.9 Å². The summed E-state index contributed by atoms with van der Waals surface area (Å²) in [6.07, 6.45) is 9.62. The third kappa shape index (κ3) is 16.2. The molecule has 28 heteroatoms. The molecule has 0 unspecified atom stereocenters. The molecule has 570 valence electrons. The van der Waals surface area contributed by atoms with Crippen molar-refractivity contribution >= 4 is 88.6 Å². The second-order valence-corrected chi connectivity index (χ2v) is 28.3. The number of aliphatic hydroxyl groups excluding tert-OH is 2. The first-order chi connectivity index (χ1) is 51.9. The van der Waals surface area contributed by atoms with Crippen molar-refractivity contribution in [3.63, 3.8) is 0 Å². The van der Waals surface area contributed by atoms with E-state index in [0.717, 1.165) is 68.2 Å². The summed E-state index contributed by atoms with van der Waals surface area (Å²) in [7, 11) is 4.31. The molecule has 0 radical (unpaired) electrons. The second kappa shape index (κ2) is 33.3. The Labute approximate surface area is 626 Å². The zero-order valence-electron chi connectivity index (χ0n) is 61.6. The van der Waals surface area contributed by atoms with E-state index in [1.807, 2.05) is 6.92 Å². The molecule has 8 amide bonds. The van der Waals surface area contributed by atoms with Crippen LogP contribution in [0.15, 0.2) is 119 Å². The molecule has 28 nitrogen and oxygen atoms in total. The maximum absolute atomic E-state index is 13.9. The molecule has 9 aliphatic rings. The fraction of sp³-hybridized carbons (Fsp3) is 0.438. The van der Waals surface area contributed by atoms with Gasteiger partial charge in [0.05, 0.1) is 117 Å². The third-order valence-corrected chi connectivity index (χ3v) is 20.6. The van der Waals surface area contributed by atoms with E-state index < -0.39 is 43.3 Å². The fourth-order valence-corrected chi connectivity index (χ4v) is 14.9. The molecule has 108 heavy (non-hydrogen) atoms. The van der Waals surface area contributed by atoms with Crippen LogP contribution in [0.4, 0.5) is 32.3 Å². The predicted molar refractivity (Wildman–Crippen MR) is 399 cm³/mol. The normalized spacial score (nSPS) is 20.9. The van der Waals surface area contributed by atoms with Crippen molar-refractivity contribution in [2.45, 2.75) is 140 Å². The van der Waals surface area contributed by atoms with E-state index in [2.05, 4.69) is 36.3 Å². The number of Topliss-reactive ketones (excluding diaryl/α,β-unsaturated/α-hetero) is 1. The van der Waals surface area contributed by atoms with Crippen molar-refractivity contribution in [2.75, 3.05) is 96.9 Å². The molecule has 4 aromatic rings. The Morgan fingerprint density at radius 1 is 0.463 bits per heavy atom. The maximum atomic E-state index is 13.9. The summed E-state index contributed by atoms with van der Waals surface area (Å²) in [5, 5.41) is 22.8. The molecule has 2 N–H and O–H groups in total. The summed E-state index contributed by atoms with van der Waals surface area (Å²) >= 11 is 0. The van der Waals surface area contributed by atoms with Crippen LogP contribution in [0, 0.1) is 13.8 Å². The number of fused-ring (bicyclic) bond motifs is 8. The van der Waals surface area contributed by atoms with Gasteiger partial charge in [-0.1, -0.05) is 55.0 Å². The van der Waals surface area contributed by atoms with Crippen molar-refractivity contribution in [2.24, 2.45) is 9.98 Å². The Balaban J connectivity index is 0.000000209. The number of ketones is 1. The Morgan fingerprint density at radius 2 is 0.861 bits per heavy atom. The number of aliphatic hydroxyl groups is 2. The van der Waals surface area contributed by atoms with Gasteiger partial charge in [0.15, 0.2) is 47.8 Å². The Morgan fingerprint density at radius 3 is 1.30 bits per heavy atom. The van der Waals surface area contributed by atoms with Crippen molar-refractivity contribution in [1.82, 2.24) is 24.5 Å². The minimum absolute atomic E-state index is 0.0889. The van der Waals surface area contributed by atoms with Gasteiger partial charge < -0.3 is 67.7 Å². The van der Waals surface area contributed by atoms with Crippen LogP contribution in [0.2, 0.25) is 0 Å². The van der Waals surface area contributed by atoms with E-state index in [1.165, 1.54) is 31.3 Å². The molecule has 0 bridgehead atoms. The summed E-state index contributed by atoms with van der Waals surface area (Å²) in [6.45, 7) is 22.5. The first-order valence-electron chi connectivity index (χ1n) is 36.4. The standard InChI is InChI=1S/C45H51N5O11.C35H40N4O8/c1-27-17-30-23-46-34-21-39(38(58-4)20-32(34)42(54)48(30)24-27)60-16-10-6-9-15-59-37-22-35-33(19-29(37)3)43(55)49-25-28(2)18-36(49)44(56)50(35)45(57)61-26-31(51)11-7-5-8-14-47-40(52)12-13-41(47)53;1-20-11-23-17-36-26-15-31(30(44-4)14-24(26)32(40)37(23)18-20)47-10-8-6-7-9-46-29-16-27-25(13-22(29)3)33(41)38-19-21(2)12-28(38)34(42)39(27)35(43)45-5/h12-13,19-23,30,36,44,56H,1-2,5-11,14-18,24-26H2,3-4H3;13-17,23,28,34,42H,1-2,6-12,18-19H2,3-5H3/t30-,36-,44-;23-,28-,34-/m00/s1. The van der Waals surface area contributed by atoms with Crippen LogP contribution in [0.3, 0.4) is 0 Å². The second-order valence-electron chi connectivity index (χ2n) is 28.3. The van der Waals surface area contributed by atoms with Crippen molar-refractivity contribution in [1.29, 1.82) is 0 Å². The zero-order chi connectivity index (χ0) is 76.8. The summed E-state index contributed by atoms with van der Waals surface area (Å²) in [5.41, 5.74) is 7.79. The monoisotopic (exact) mass is 1480 g/mol. The first-order valence-corrected chi connectivity index (χ1v) is 36.4. The Hall–Kier alpha value is -11.1. The molecule has 4 fully saturated rings.